The number of ether oxygens (including phenoxy) is 1. The van der Waals surface area contributed by atoms with E-state index in [0.717, 1.165) is 4.90 Å². The molecule has 1 N–H and O–H groups in total. The number of fused-ring (bicyclic) bond motifs is 1. The molecule has 0 bridgehead atoms. The Kier molecular flexibility index (Phi) is 7.33. The van der Waals surface area contributed by atoms with Crippen molar-refractivity contribution in [1.29, 1.82) is 0 Å². The number of halogens is 4. The SMILES string of the molecule is CC(=O)OC[C@@H](C)n1ccc2c(C(=O)N(C)C3(O)CCC(C(F)(F)F)CC3)c(Cl)ccc2c1=O. The summed E-state index contributed by atoms with van der Waals surface area (Å²) in [5.74, 6) is -2.70. The average Bonchev–Trinajstić information content (AvgIpc) is 2.76. The Labute approximate surface area is 199 Å². The lowest BCUT2D eigenvalue weighted by Gasteiger charge is -2.42. The molecular weight excluding hydrogens is 477 g/mol. The summed E-state index contributed by atoms with van der Waals surface area (Å²) in [5, 5.41) is 11.5. The molecule has 11 heteroatoms. The Bertz CT molecular complexity index is 1160. The Morgan fingerprint density at radius 2 is 1.88 bits per heavy atom. The van der Waals surface area contributed by atoms with Gasteiger partial charge in [-0.05, 0) is 50.8 Å². The molecule has 34 heavy (non-hydrogen) atoms. The van der Waals surface area contributed by atoms with E-state index in [1.807, 2.05) is 0 Å². The fourth-order valence-electron chi connectivity index (χ4n) is 4.30. The van der Waals surface area contributed by atoms with Gasteiger partial charge >= 0.3 is 12.1 Å². The van der Waals surface area contributed by atoms with Crippen molar-refractivity contribution in [3.8, 4) is 0 Å². The lowest BCUT2D eigenvalue weighted by Crippen LogP contribution is -2.52. The third kappa shape index (κ3) is 5.07. The highest BCUT2D eigenvalue weighted by molar-refractivity contribution is 6.35. The molecule has 0 spiro atoms. The van der Waals surface area contributed by atoms with Crippen LogP contribution in [0.5, 0.6) is 0 Å². The largest absolute Gasteiger partial charge is 0.464 e. The van der Waals surface area contributed by atoms with Crippen molar-refractivity contribution in [1.82, 2.24) is 9.47 Å². The van der Waals surface area contributed by atoms with E-state index in [-0.39, 0.29) is 53.6 Å². The van der Waals surface area contributed by atoms with Gasteiger partial charge in [-0.15, -0.1) is 0 Å². The van der Waals surface area contributed by atoms with Gasteiger partial charge in [0.2, 0.25) is 0 Å². The van der Waals surface area contributed by atoms with Crippen molar-refractivity contribution in [3.63, 3.8) is 0 Å². The molecule has 1 aliphatic carbocycles. The van der Waals surface area contributed by atoms with Gasteiger partial charge in [0.05, 0.1) is 22.5 Å². The zero-order valence-electron chi connectivity index (χ0n) is 19.0. The molecule has 1 aromatic carbocycles. The first-order chi connectivity index (χ1) is 15.8. The first-order valence-corrected chi connectivity index (χ1v) is 11.2. The van der Waals surface area contributed by atoms with Crippen LogP contribution in [0.2, 0.25) is 5.02 Å². The number of aliphatic hydroxyl groups is 1. The topological polar surface area (TPSA) is 88.8 Å². The number of amides is 1. The highest BCUT2D eigenvalue weighted by Gasteiger charge is 2.47. The number of aromatic nitrogens is 1. The first-order valence-electron chi connectivity index (χ1n) is 10.8. The zero-order chi connectivity index (χ0) is 25.4. The van der Waals surface area contributed by atoms with Gasteiger partial charge in [0.15, 0.2) is 0 Å². The number of rotatable bonds is 5. The van der Waals surface area contributed by atoms with Gasteiger partial charge in [-0.2, -0.15) is 13.2 Å². The van der Waals surface area contributed by atoms with Gasteiger partial charge in [0.25, 0.3) is 11.5 Å². The summed E-state index contributed by atoms with van der Waals surface area (Å²) in [4.78, 5) is 38.5. The Hall–Kier alpha value is -2.59. The number of carbonyl (C=O) groups is 2. The molecule has 1 saturated carbocycles. The number of hydrogen-bond donors (Lipinski definition) is 1. The van der Waals surface area contributed by atoms with Crippen LogP contribution in [0.1, 0.15) is 55.9 Å². The van der Waals surface area contributed by atoms with Crippen LogP contribution in [0.25, 0.3) is 10.8 Å². The fraction of sp³-hybridized carbons (Fsp3) is 0.522. The molecule has 1 heterocycles. The van der Waals surface area contributed by atoms with Crippen molar-refractivity contribution in [3.05, 3.63) is 45.3 Å². The lowest BCUT2D eigenvalue weighted by molar-refractivity contribution is -0.202. The Morgan fingerprint density at radius 3 is 2.44 bits per heavy atom. The second kappa shape index (κ2) is 9.58. The van der Waals surface area contributed by atoms with Crippen LogP contribution in [0.15, 0.2) is 29.2 Å². The molecule has 1 aliphatic rings. The summed E-state index contributed by atoms with van der Waals surface area (Å²) >= 11 is 6.30. The monoisotopic (exact) mass is 502 g/mol. The Balaban J connectivity index is 1.94. The normalized spacial score (nSPS) is 21.8. The van der Waals surface area contributed by atoms with E-state index in [9.17, 15) is 32.7 Å². The van der Waals surface area contributed by atoms with Gasteiger partial charge in [-0.1, -0.05) is 11.6 Å². The number of nitrogens with zero attached hydrogens (tertiary/aromatic N) is 2. The van der Waals surface area contributed by atoms with Gasteiger partial charge in [0, 0.05) is 30.9 Å². The average molecular weight is 503 g/mol. The number of esters is 1. The van der Waals surface area contributed by atoms with Crippen molar-refractivity contribution in [2.45, 2.75) is 57.5 Å². The van der Waals surface area contributed by atoms with Crippen molar-refractivity contribution in [2.75, 3.05) is 13.7 Å². The quantitative estimate of drug-likeness (QED) is 0.486. The Morgan fingerprint density at radius 1 is 1.26 bits per heavy atom. The van der Waals surface area contributed by atoms with Crippen LogP contribution in [0.3, 0.4) is 0 Å². The maximum Gasteiger partial charge on any atom is 0.391 e. The first kappa shape index (κ1) is 26.0. The lowest BCUT2D eigenvalue weighted by atomic mass is 9.82. The molecule has 0 unspecified atom stereocenters. The standard InChI is InChI=1S/C23H26ClF3N2O5/c1-13(12-34-14(2)30)29-11-8-16-17(20(29)31)4-5-18(24)19(16)21(32)28(3)22(33)9-6-15(7-10-22)23(25,26)27/h4-5,8,11,13,15,33H,6-7,9-10,12H2,1-3H3/t13-,15?,22?/m1/s1. The van der Waals surface area contributed by atoms with Crippen LogP contribution in [0, 0.1) is 5.92 Å². The van der Waals surface area contributed by atoms with Gasteiger partial charge in [-0.3, -0.25) is 14.4 Å². The molecule has 7 nitrogen and oxygen atoms in total. The predicted octanol–water partition coefficient (Wildman–Crippen LogP) is 4.29. The third-order valence-electron chi connectivity index (χ3n) is 6.46. The second-order valence-corrected chi connectivity index (χ2v) is 9.13. The van der Waals surface area contributed by atoms with Gasteiger partial charge in [-0.25, -0.2) is 0 Å². The van der Waals surface area contributed by atoms with E-state index in [4.69, 9.17) is 16.3 Å². The van der Waals surface area contributed by atoms with Crippen LogP contribution < -0.4 is 5.56 Å². The molecule has 1 aromatic heterocycles. The highest BCUT2D eigenvalue weighted by Crippen LogP contribution is 2.42. The number of carbonyl (C=O) groups excluding carboxylic acids is 2. The van der Waals surface area contributed by atoms with E-state index in [2.05, 4.69) is 0 Å². The molecule has 0 aliphatic heterocycles. The minimum atomic E-state index is -4.35. The molecular formula is C23H26ClF3N2O5. The zero-order valence-corrected chi connectivity index (χ0v) is 19.7. The maximum absolute atomic E-state index is 13.4. The van der Waals surface area contributed by atoms with E-state index < -0.39 is 41.3 Å². The summed E-state index contributed by atoms with van der Waals surface area (Å²) in [6.07, 6.45) is -3.97. The third-order valence-corrected chi connectivity index (χ3v) is 6.77. The van der Waals surface area contributed by atoms with Crippen molar-refractivity contribution >= 4 is 34.2 Å². The summed E-state index contributed by atoms with van der Waals surface area (Å²) in [6, 6.07) is 3.91. The highest BCUT2D eigenvalue weighted by atomic mass is 35.5. The molecule has 186 valence electrons. The number of alkyl halides is 3. The number of benzene rings is 1. The number of pyridine rings is 1. The molecule has 3 rings (SSSR count). The van der Waals surface area contributed by atoms with Crippen LogP contribution in [-0.2, 0) is 9.53 Å². The van der Waals surface area contributed by atoms with Crippen LogP contribution >= 0.6 is 11.6 Å². The molecule has 1 fully saturated rings. The molecule has 1 amide bonds. The van der Waals surface area contributed by atoms with E-state index in [1.165, 1.54) is 42.9 Å². The number of hydrogen-bond acceptors (Lipinski definition) is 5. The summed E-state index contributed by atoms with van der Waals surface area (Å²) in [6.45, 7) is 2.93. The smallest absolute Gasteiger partial charge is 0.391 e. The second-order valence-electron chi connectivity index (χ2n) is 8.73. The van der Waals surface area contributed by atoms with Crippen LogP contribution in [0.4, 0.5) is 13.2 Å². The van der Waals surface area contributed by atoms with Gasteiger partial charge in [0.1, 0.15) is 12.3 Å². The predicted molar refractivity (Wildman–Crippen MR) is 120 cm³/mol. The van der Waals surface area contributed by atoms with Crippen LogP contribution in [-0.4, -0.2) is 52.0 Å². The van der Waals surface area contributed by atoms with Crippen molar-refractivity contribution in [2.24, 2.45) is 5.92 Å². The van der Waals surface area contributed by atoms with E-state index in [1.54, 1.807) is 6.92 Å². The van der Waals surface area contributed by atoms with Gasteiger partial charge < -0.3 is 19.3 Å². The van der Waals surface area contributed by atoms with Crippen molar-refractivity contribution < 1.29 is 32.6 Å². The molecule has 0 radical (unpaired) electrons. The molecule has 1 atom stereocenters. The summed E-state index contributed by atoms with van der Waals surface area (Å²) in [7, 11) is 1.31. The minimum absolute atomic E-state index is 0.0190. The van der Waals surface area contributed by atoms with E-state index >= 15 is 0 Å². The fourth-order valence-corrected chi connectivity index (χ4v) is 4.54. The molecule has 0 saturated heterocycles. The minimum Gasteiger partial charge on any atom is -0.464 e. The molecule has 2 aromatic rings. The van der Waals surface area contributed by atoms with E-state index in [0.29, 0.717) is 0 Å². The summed E-state index contributed by atoms with van der Waals surface area (Å²) < 4.78 is 45.4. The maximum atomic E-state index is 13.4. The summed E-state index contributed by atoms with van der Waals surface area (Å²) in [5.41, 5.74) is -2.22.